The lowest BCUT2D eigenvalue weighted by atomic mass is 9.86. The molecule has 0 bridgehead atoms. The minimum absolute atomic E-state index is 0.0575. The molecule has 31 heavy (non-hydrogen) atoms. The van der Waals surface area contributed by atoms with E-state index < -0.39 is 0 Å². The van der Waals surface area contributed by atoms with Crippen molar-refractivity contribution >= 4 is 5.91 Å². The number of ether oxygens (including phenoxy) is 2. The molecular formula is C26H37N2O3+. The van der Waals surface area contributed by atoms with Crippen LogP contribution in [0.2, 0.25) is 0 Å². The Morgan fingerprint density at radius 1 is 1.13 bits per heavy atom. The first-order valence-electron chi connectivity index (χ1n) is 11.4. The lowest BCUT2D eigenvalue weighted by molar-refractivity contribution is -0.948. The summed E-state index contributed by atoms with van der Waals surface area (Å²) in [6.07, 6.45) is 2.40. The normalized spacial score (nSPS) is 18.9. The molecule has 3 rings (SSSR count). The molecule has 0 aromatic heterocycles. The van der Waals surface area contributed by atoms with E-state index in [1.807, 2.05) is 0 Å². The molecule has 2 aromatic rings. The summed E-state index contributed by atoms with van der Waals surface area (Å²) in [6, 6.07) is 15.1. The Morgan fingerprint density at radius 2 is 1.81 bits per heavy atom. The predicted molar refractivity (Wildman–Crippen MR) is 124 cm³/mol. The number of rotatable bonds is 9. The van der Waals surface area contributed by atoms with Crippen LogP contribution in [0, 0.1) is 5.92 Å². The highest BCUT2D eigenvalue weighted by atomic mass is 16.5. The molecule has 1 aliphatic heterocycles. The molecule has 1 heterocycles. The Labute approximate surface area is 186 Å². The number of methoxy groups -OCH3 is 2. The zero-order valence-corrected chi connectivity index (χ0v) is 19.5. The molecule has 0 fully saturated rings. The molecule has 168 valence electrons. The van der Waals surface area contributed by atoms with Gasteiger partial charge in [-0.3, -0.25) is 4.79 Å². The van der Waals surface area contributed by atoms with Crippen molar-refractivity contribution < 1.29 is 19.2 Å². The van der Waals surface area contributed by atoms with Crippen LogP contribution < -0.4 is 19.7 Å². The molecule has 3 atom stereocenters. The number of fused-ring (bicyclic) bond motifs is 1. The number of nitrogens with one attached hydrogen (secondary N) is 2. The van der Waals surface area contributed by atoms with Crippen molar-refractivity contribution in [2.75, 3.05) is 20.8 Å². The maximum absolute atomic E-state index is 12.7. The zero-order valence-electron chi connectivity index (χ0n) is 19.5. The molecule has 0 spiro atoms. The molecule has 0 aliphatic carbocycles. The van der Waals surface area contributed by atoms with Gasteiger partial charge in [0, 0.05) is 24.0 Å². The van der Waals surface area contributed by atoms with Crippen LogP contribution in [-0.4, -0.2) is 32.7 Å². The average molecular weight is 426 g/mol. The van der Waals surface area contributed by atoms with Gasteiger partial charge in [-0.05, 0) is 30.0 Å². The van der Waals surface area contributed by atoms with Gasteiger partial charge in [-0.15, -0.1) is 0 Å². The number of hydrogen-bond acceptors (Lipinski definition) is 3. The maximum Gasteiger partial charge on any atom is 0.220 e. The molecule has 2 N–H and O–H groups in total. The molecule has 5 nitrogen and oxygen atoms in total. The fourth-order valence-corrected chi connectivity index (χ4v) is 4.73. The van der Waals surface area contributed by atoms with Gasteiger partial charge in [-0.2, -0.15) is 0 Å². The Morgan fingerprint density at radius 3 is 2.42 bits per heavy atom. The minimum atomic E-state index is 0.0575. The fraction of sp³-hybridized carbons (Fsp3) is 0.500. The first-order chi connectivity index (χ1) is 15.0. The highest BCUT2D eigenvalue weighted by molar-refractivity contribution is 5.76. The van der Waals surface area contributed by atoms with E-state index in [-0.39, 0.29) is 18.0 Å². The van der Waals surface area contributed by atoms with Crippen LogP contribution in [0.3, 0.4) is 0 Å². The second-order valence-corrected chi connectivity index (χ2v) is 8.88. The third-order valence-corrected chi connectivity index (χ3v) is 6.19. The highest BCUT2D eigenvalue weighted by Gasteiger charge is 2.38. The van der Waals surface area contributed by atoms with E-state index in [0.717, 1.165) is 37.4 Å². The van der Waals surface area contributed by atoms with Gasteiger partial charge in [-0.25, -0.2) is 0 Å². The van der Waals surface area contributed by atoms with E-state index in [4.69, 9.17) is 9.47 Å². The summed E-state index contributed by atoms with van der Waals surface area (Å²) in [6.45, 7) is 8.27. The fourth-order valence-electron chi connectivity index (χ4n) is 4.73. The molecule has 5 heteroatoms. The molecule has 2 aromatic carbocycles. The van der Waals surface area contributed by atoms with Crippen molar-refractivity contribution in [2.45, 2.75) is 58.7 Å². The van der Waals surface area contributed by atoms with E-state index >= 15 is 0 Å². The van der Waals surface area contributed by atoms with Crippen LogP contribution in [0.5, 0.6) is 11.5 Å². The lowest BCUT2D eigenvalue weighted by Crippen LogP contribution is -3.13. The van der Waals surface area contributed by atoms with E-state index in [0.29, 0.717) is 12.3 Å². The van der Waals surface area contributed by atoms with Crippen molar-refractivity contribution in [3.05, 3.63) is 59.2 Å². The SMILES string of the molecule is CC[C@H](NC(=O)CC(C)C)[C@@H]1c2cc(OC)c(OC)cc2CC[NH+]1Cc1ccccc1. The van der Waals surface area contributed by atoms with Gasteiger partial charge in [0.15, 0.2) is 11.5 Å². The standard InChI is InChI=1S/C26H36N2O3/c1-6-22(27-25(29)14-18(2)3)26-21-16-24(31-5)23(30-4)15-20(21)12-13-28(26)17-19-10-8-7-9-11-19/h7-11,15-16,18,22,26H,6,12-14,17H2,1-5H3,(H,27,29)/p+1/t22-,26-/m0/s1. The first-order valence-corrected chi connectivity index (χ1v) is 11.4. The molecule has 0 saturated heterocycles. The van der Waals surface area contributed by atoms with Gasteiger partial charge in [0.2, 0.25) is 5.91 Å². The van der Waals surface area contributed by atoms with Crippen LogP contribution in [0.15, 0.2) is 42.5 Å². The zero-order chi connectivity index (χ0) is 22.4. The van der Waals surface area contributed by atoms with Crippen LogP contribution in [0.4, 0.5) is 0 Å². The summed E-state index contributed by atoms with van der Waals surface area (Å²) in [5.41, 5.74) is 3.86. The van der Waals surface area contributed by atoms with E-state index in [1.165, 1.54) is 21.6 Å². The summed E-state index contributed by atoms with van der Waals surface area (Å²) in [4.78, 5) is 14.2. The van der Waals surface area contributed by atoms with Gasteiger partial charge in [0.05, 0.1) is 26.8 Å². The van der Waals surface area contributed by atoms with Gasteiger partial charge in [0.25, 0.3) is 0 Å². The summed E-state index contributed by atoms with van der Waals surface area (Å²) in [5.74, 6) is 1.99. The smallest absolute Gasteiger partial charge is 0.220 e. The molecule has 1 unspecified atom stereocenters. The van der Waals surface area contributed by atoms with Gasteiger partial charge < -0.3 is 19.7 Å². The third kappa shape index (κ3) is 5.59. The first kappa shape index (κ1) is 23.1. The van der Waals surface area contributed by atoms with Crippen LogP contribution in [0.25, 0.3) is 0 Å². The number of benzene rings is 2. The molecule has 0 radical (unpaired) electrons. The Kier molecular flexibility index (Phi) is 7.97. The van der Waals surface area contributed by atoms with Crippen molar-refractivity contribution in [1.29, 1.82) is 0 Å². The number of carbonyl (C=O) groups is 1. The number of hydrogen-bond donors (Lipinski definition) is 2. The van der Waals surface area contributed by atoms with E-state index in [9.17, 15) is 4.79 Å². The summed E-state index contributed by atoms with van der Waals surface area (Å²) >= 11 is 0. The summed E-state index contributed by atoms with van der Waals surface area (Å²) < 4.78 is 11.2. The minimum Gasteiger partial charge on any atom is -0.493 e. The summed E-state index contributed by atoms with van der Waals surface area (Å²) in [5, 5.41) is 3.36. The topological polar surface area (TPSA) is 52.0 Å². The van der Waals surface area contributed by atoms with Crippen LogP contribution >= 0.6 is 0 Å². The van der Waals surface area contributed by atoms with E-state index in [2.05, 4.69) is 68.6 Å². The molecule has 1 aliphatic rings. The van der Waals surface area contributed by atoms with Gasteiger partial charge in [-0.1, -0.05) is 51.1 Å². The van der Waals surface area contributed by atoms with Gasteiger partial charge >= 0.3 is 0 Å². The van der Waals surface area contributed by atoms with Crippen molar-refractivity contribution in [2.24, 2.45) is 5.92 Å². The maximum atomic E-state index is 12.7. The Hall–Kier alpha value is -2.53. The van der Waals surface area contributed by atoms with Crippen molar-refractivity contribution in [3.8, 4) is 11.5 Å². The number of amides is 1. The average Bonchev–Trinajstić information content (AvgIpc) is 2.76. The van der Waals surface area contributed by atoms with Crippen molar-refractivity contribution in [1.82, 2.24) is 5.32 Å². The summed E-state index contributed by atoms with van der Waals surface area (Å²) in [7, 11) is 3.36. The van der Waals surface area contributed by atoms with Gasteiger partial charge in [0.1, 0.15) is 12.6 Å². The second-order valence-electron chi connectivity index (χ2n) is 8.88. The predicted octanol–water partition coefficient (Wildman–Crippen LogP) is 3.33. The van der Waals surface area contributed by atoms with Crippen LogP contribution in [-0.2, 0) is 17.8 Å². The number of carbonyl (C=O) groups excluding carboxylic acids is 1. The Bertz CT molecular complexity index is 866. The second kappa shape index (κ2) is 10.7. The number of quaternary nitrogens is 1. The monoisotopic (exact) mass is 425 g/mol. The molecular weight excluding hydrogens is 388 g/mol. The molecule has 1 amide bonds. The quantitative estimate of drug-likeness (QED) is 0.648. The Balaban J connectivity index is 1.99. The molecule has 0 saturated carbocycles. The lowest BCUT2D eigenvalue weighted by Gasteiger charge is -2.39. The third-order valence-electron chi connectivity index (χ3n) is 6.19. The van der Waals surface area contributed by atoms with Crippen molar-refractivity contribution in [3.63, 3.8) is 0 Å². The van der Waals surface area contributed by atoms with E-state index in [1.54, 1.807) is 14.2 Å². The van der Waals surface area contributed by atoms with Crippen LogP contribution in [0.1, 0.15) is 56.3 Å². The largest absolute Gasteiger partial charge is 0.493 e. The highest BCUT2D eigenvalue weighted by Crippen LogP contribution is 2.35.